The monoisotopic (exact) mass is 459 g/mol. The summed E-state index contributed by atoms with van der Waals surface area (Å²) in [6, 6.07) is 11.3. The summed E-state index contributed by atoms with van der Waals surface area (Å²) >= 11 is 0. The first kappa shape index (κ1) is 20.9. The molecule has 9 heteroatoms. The van der Waals surface area contributed by atoms with E-state index < -0.39 is 0 Å². The van der Waals surface area contributed by atoms with Crippen molar-refractivity contribution in [1.82, 2.24) is 25.1 Å². The highest BCUT2D eigenvalue weighted by molar-refractivity contribution is 6.00. The molecule has 3 aromatic heterocycles. The van der Waals surface area contributed by atoms with E-state index >= 15 is 0 Å². The number of hydrogen-bond donors (Lipinski definition) is 3. The SMILES string of the molecule is O=C(NC1CC2(C1)CC(c1n[nH]c(=O)c3ccccc13)C2)c1cnn2cc(OCCO)ccc12. The van der Waals surface area contributed by atoms with Crippen LogP contribution in [0.1, 0.15) is 47.7 Å². The Bertz CT molecular complexity index is 1440. The van der Waals surface area contributed by atoms with Gasteiger partial charge in [-0.1, -0.05) is 18.2 Å². The number of rotatable bonds is 6. The molecule has 34 heavy (non-hydrogen) atoms. The van der Waals surface area contributed by atoms with Gasteiger partial charge in [0.2, 0.25) is 0 Å². The molecule has 2 fully saturated rings. The van der Waals surface area contributed by atoms with E-state index in [1.165, 1.54) is 0 Å². The lowest BCUT2D eigenvalue weighted by Crippen LogP contribution is -2.55. The number of aliphatic hydroxyl groups is 1. The quantitative estimate of drug-likeness (QED) is 0.407. The second-order valence-electron chi connectivity index (χ2n) is 9.49. The van der Waals surface area contributed by atoms with Crippen molar-refractivity contribution >= 4 is 22.2 Å². The van der Waals surface area contributed by atoms with Crippen LogP contribution in [0.4, 0.5) is 0 Å². The molecule has 6 rings (SSSR count). The van der Waals surface area contributed by atoms with Crippen LogP contribution in [0.5, 0.6) is 5.75 Å². The summed E-state index contributed by atoms with van der Waals surface area (Å²) in [6.45, 7) is 0.144. The molecule has 1 spiro atoms. The zero-order valence-corrected chi connectivity index (χ0v) is 18.5. The highest BCUT2D eigenvalue weighted by Gasteiger charge is 2.54. The molecule has 2 saturated carbocycles. The van der Waals surface area contributed by atoms with Crippen molar-refractivity contribution in [1.29, 1.82) is 0 Å². The van der Waals surface area contributed by atoms with Gasteiger partial charge in [0, 0.05) is 17.3 Å². The summed E-state index contributed by atoms with van der Waals surface area (Å²) < 4.78 is 7.02. The molecule has 9 nitrogen and oxygen atoms in total. The van der Waals surface area contributed by atoms with Crippen LogP contribution in [0.2, 0.25) is 0 Å². The Kier molecular flexibility index (Phi) is 4.88. The number of aliphatic hydroxyl groups excluding tert-OH is 1. The number of ether oxygens (including phenoxy) is 1. The van der Waals surface area contributed by atoms with E-state index in [0.29, 0.717) is 28.1 Å². The van der Waals surface area contributed by atoms with Gasteiger partial charge < -0.3 is 15.2 Å². The van der Waals surface area contributed by atoms with Crippen LogP contribution < -0.4 is 15.6 Å². The van der Waals surface area contributed by atoms with Gasteiger partial charge in [0.25, 0.3) is 11.5 Å². The summed E-state index contributed by atoms with van der Waals surface area (Å²) in [5, 5.41) is 25.0. The van der Waals surface area contributed by atoms with Gasteiger partial charge in [0.15, 0.2) is 0 Å². The first-order chi connectivity index (χ1) is 16.5. The molecule has 3 heterocycles. The maximum absolute atomic E-state index is 12.9. The Balaban J connectivity index is 1.08. The Morgan fingerprint density at radius 2 is 1.97 bits per heavy atom. The largest absolute Gasteiger partial charge is 0.490 e. The van der Waals surface area contributed by atoms with E-state index in [4.69, 9.17) is 9.84 Å². The minimum Gasteiger partial charge on any atom is -0.490 e. The number of aromatic nitrogens is 4. The van der Waals surface area contributed by atoms with Crippen LogP contribution in [-0.2, 0) is 0 Å². The first-order valence-electron chi connectivity index (χ1n) is 11.5. The average molecular weight is 460 g/mol. The molecule has 0 saturated heterocycles. The molecule has 4 aromatic rings. The number of nitrogens with one attached hydrogen (secondary N) is 2. The Morgan fingerprint density at radius 3 is 2.76 bits per heavy atom. The fourth-order valence-corrected chi connectivity index (χ4v) is 5.70. The van der Waals surface area contributed by atoms with E-state index in [0.717, 1.165) is 36.8 Å². The molecule has 2 aliphatic rings. The minimum absolute atomic E-state index is 0.0631. The van der Waals surface area contributed by atoms with Gasteiger partial charge in [-0.15, -0.1) is 0 Å². The molecule has 0 atom stereocenters. The molecular weight excluding hydrogens is 434 g/mol. The van der Waals surface area contributed by atoms with Crippen LogP contribution in [0.3, 0.4) is 0 Å². The van der Waals surface area contributed by atoms with Crippen molar-refractivity contribution in [2.24, 2.45) is 5.41 Å². The number of fused-ring (bicyclic) bond motifs is 2. The third-order valence-electron chi connectivity index (χ3n) is 7.26. The topological polar surface area (TPSA) is 122 Å². The molecule has 3 N–H and O–H groups in total. The van der Waals surface area contributed by atoms with Gasteiger partial charge in [0.05, 0.1) is 41.2 Å². The van der Waals surface area contributed by atoms with Crippen LogP contribution in [0.25, 0.3) is 16.3 Å². The van der Waals surface area contributed by atoms with Crippen molar-refractivity contribution in [3.05, 3.63) is 70.4 Å². The number of carbonyl (C=O) groups is 1. The standard InChI is InChI=1S/C25H25N5O4/c31-7-8-34-17-5-6-21-20(13-26-30(21)14-17)23(32)27-16-11-25(12-16)9-15(10-25)22-18-3-1-2-4-19(18)24(33)29-28-22/h1-6,13-16,31H,7-12H2,(H,27,32)(H,29,33). The summed E-state index contributed by atoms with van der Waals surface area (Å²) in [5.74, 6) is 0.796. The average Bonchev–Trinajstić information content (AvgIpc) is 3.23. The third kappa shape index (κ3) is 3.43. The van der Waals surface area contributed by atoms with Gasteiger partial charge in [0.1, 0.15) is 12.4 Å². The van der Waals surface area contributed by atoms with Crippen molar-refractivity contribution in [3.8, 4) is 5.75 Å². The lowest BCUT2D eigenvalue weighted by atomic mass is 9.49. The van der Waals surface area contributed by atoms with E-state index in [9.17, 15) is 9.59 Å². The number of amides is 1. The number of hydrogen-bond acceptors (Lipinski definition) is 6. The van der Waals surface area contributed by atoms with Crippen molar-refractivity contribution in [3.63, 3.8) is 0 Å². The summed E-state index contributed by atoms with van der Waals surface area (Å²) in [4.78, 5) is 24.9. The molecule has 0 aliphatic heterocycles. The lowest BCUT2D eigenvalue weighted by Gasteiger charge is -2.57. The normalized spacial score (nSPS) is 23.6. The molecular formula is C25H25N5O4. The molecule has 0 bridgehead atoms. The van der Waals surface area contributed by atoms with E-state index in [-0.39, 0.29) is 36.1 Å². The number of benzene rings is 1. The van der Waals surface area contributed by atoms with Gasteiger partial charge in [-0.3, -0.25) is 9.59 Å². The fourth-order valence-electron chi connectivity index (χ4n) is 5.70. The first-order valence-corrected chi connectivity index (χ1v) is 11.5. The summed E-state index contributed by atoms with van der Waals surface area (Å²) in [7, 11) is 0. The Hall–Kier alpha value is -3.72. The van der Waals surface area contributed by atoms with Gasteiger partial charge in [-0.2, -0.15) is 10.2 Å². The van der Waals surface area contributed by atoms with Crippen LogP contribution >= 0.6 is 0 Å². The maximum atomic E-state index is 12.9. The second-order valence-corrected chi connectivity index (χ2v) is 9.49. The van der Waals surface area contributed by atoms with Crippen LogP contribution in [0.15, 0.2) is 53.6 Å². The summed E-state index contributed by atoms with van der Waals surface area (Å²) in [6.07, 6.45) is 7.22. The summed E-state index contributed by atoms with van der Waals surface area (Å²) in [5.41, 5.74) is 2.32. The van der Waals surface area contributed by atoms with Gasteiger partial charge >= 0.3 is 0 Å². The number of H-pyrrole nitrogens is 1. The number of aromatic amines is 1. The molecule has 1 amide bonds. The predicted molar refractivity (Wildman–Crippen MR) is 125 cm³/mol. The molecule has 1 aromatic carbocycles. The van der Waals surface area contributed by atoms with E-state index in [1.54, 1.807) is 29.0 Å². The Labute approximate surface area is 194 Å². The van der Waals surface area contributed by atoms with Crippen molar-refractivity contribution < 1.29 is 14.6 Å². The number of carbonyl (C=O) groups excluding carboxylic acids is 1. The second kappa shape index (κ2) is 7.95. The van der Waals surface area contributed by atoms with Crippen LogP contribution in [0, 0.1) is 5.41 Å². The molecule has 0 unspecified atom stereocenters. The zero-order valence-electron chi connectivity index (χ0n) is 18.5. The van der Waals surface area contributed by atoms with Gasteiger partial charge in [-0.05, 0) is 49.3 Å². The molecule has 174 valence electrons. The number of pyridine rings is 1. The highest BCUT2D eigenvalue weighted by atomic mass is 16.5. The third-order valence-corrected chi connectivity index (χ3v) is 7.26. The molecule has 0 radical (unpaired) electrons. The lowest BCUT2D eigenvalue weighted by molar-refractivity contribution is -0.0196. The fraction of sp³-hybridized carbons (Fsp3) is 0.360. The van der Waals surface area contributed by atoms with Gasteiger partial charge in [-0.25, -0.2) is 9.61 Å². The Morgan fingerprint density at radius 1 is 1.18 bits per heavy atom. The zero-order chi connectivity index (χ0) is 23.3. The maximum Gasteiger partial charge on any atom is 0.272 e. The van der Waals surface area contributed by atoms with Crippen molar-refractivity contribution in [2.45, 2.75) is 37.6 Å². The van der Waals surface area contributed by atoms with Crippen molar-refractivity contribution in [2.75, 3.05) is 13.2 Å². The van der Waals surface area contributed by atoms with Crippen LogP contribution in [-0.4, -0.2) is 50.1 Å². The highest BCUT2D eigenvalue weighted by Crippen LogP contribution is 2.62. The van der Waals surface area contributed by atoms with E-state index in [2.05, 4.69) is 20.6 Å². The van der Waals surface area contributed by atoms with E-state index in [1.807, 2.05) is 24.3 Å². The molecule has 2 aliphatic carbocycles. The smallest absolute Gasteiger partial charge is 0.272 e. The number of nitrogens with zero attached hydrogens (tertiary/aromatic N) is 3. The minimum atomic E-state index is -0.151. The predicted octanol–water partition coefficient (Wildman–Crippen LogP) is 2.40.